The van der Waals surface area contributed by atoms with Crippen molar-refractivity contribution in [3.8, 4) is 0 Å². The third kappa shape index (κ3) is 4.97. The Hall–Kier alpha value is -3.15. The van der Waals surface area contributed by atoms with Gasteiger partial charge in [0, 0.05) is 12.1 Å². The van der Waals surface area contributed by atoms with Crippen LogP contribution in [-0.2, 0) is 20.7 Å². The van der Waals surface area contributed by atoms with Crippen molar-refractivity contribution in [1.82, 2.24) is 5.32 Å². The number of fused-ring (bicyclic) bond motifs is 1. The highest BCUT2D eigenvalue weighted by Crippen LogP contribution is 2.24. The highest BCUT2D eigenvalue weighted by atomic mass is 16.5. The lowest BCUT2D eigenvalue weighted by Crippen LogP contribution is -2.32. The summed E-state index contributed by atoms with van der Waals surface area (Å²) in [6, 6.07) is 14.6. The van der Waals surface area contributed by atoms with Gasteiger partial charge in [-0.2, -0.15) is 0 Å². The van der Waals surface area contributed by atoms with Gasteiger partial charge in [0.2, 0.25) is 5.91 Å². The number of carbonyl (C=O) groups excluding carboxylic acids is 3. The number of nitrogens with one attached hydrogen (secondary N) is 2. The molecule has 0 aromatic heterocycles. The number of amides is 2. The molecule has 0 radical (unpaired) electrons. The lowest BCUT2D eigenvalue weighted by Gasteiger charge is -2.19. The second kappa shape index (κ2) is 9.17. The van der Waals surface area contributed by atoms with Crippen LogP contribution in [0.2, 0.25) is 0 Å². The van der Waals surface area contributed by atoms with Crippen LogP contribution in [0.25, 0.3) is 0 Å². The van der Waals surface area contributed by atoms with Gasteiger partial charge >= 0.3 is 5.97 Å². The average molecular weight is 380 g/mol. The quantitative estimate of drug-likeness (QED) is 0.721. The molecule has 0 saturated heterocycles. The molecule has 2 aromatic rings. The fourth-order valence-corrected chi connectivity index (χ4v) is 3.26. The Morgan fingerprint density at radius 3 is 2.68 bits per heavy atom. The molecule has 6 heteroatoms. The molecule has 2 N–H and O–H groups in total. The zero-order valence-corrected chi connectivity index (χ0v) is 15.9. The molecule has 1 heterocycles. The topological polar surface area (TPSA) is 84.5 Å². The Bertz CT molecular complexity index is 864. The van der Waals surface area contributed by atoms with Gasteiger partial charge in [0.1, 0.15) is 0 Å². The van der Waals surface area contributed by atoms with Crippen molar-refractivity contribution < 1.29 is 19.1 Å². The number of anilines is 1. The maximum absolute atomic E-state index is 12.3. The van der Waals surface area contributed by atoms with E-state index in [0.29, 0.717) is 18.4 Å². The van der Waals surface area contributed by atoms with Crippen molar-refractivity contribution >= 4 is 23.5 Å². The Kier molecular flexibility index (Phi) is 6.42. The lowest BCUT2D eigenvalue weighted by atomic mass is 10.0. The Morgan fingerprint density at radius 2 is 1.93 bits per heavy atom. The maximum atomic E-state index is 12.3. The van der Waals surface area contributed by atoms with Crippen LogP contribution < -0.4 is 10.6 Å². The minimum Gasteiger partial charge on any atom is -0.452 e. The van der Waals surface area contributed by atoms with Crippen molar-refractivity contribution in [3.05, 3.63) is 65.2 Å². The van der Waals surface area contributed by atoms with Crippen molar-refractivity contribution in [2.45, 2.75) is 38.6 Å². The van der Waals surface area contributed by atoms with E-state index in [4.69, 9.17) is 4.74 Å². The van der Waals surface area contributed by atoms with E-state index < -0.39 is 5.97 Å². The molecule has 0 spiro atoms. The predicted octanol–water partition coefficient (Wildman–Crippen LogP) is 3.39. The molecule has 2 amide bonds. The van der Waals surface area contributed by atoms with E-state index >= 15 is 0 Å². The molecule has 1 aliphatic rings. The Morgan fingerprint density at radius 1 is 1.14 bits per heavy atom. The fourth-order valence-electron chi connectivity index (χ4n) is 3.26. The monoisotopic (exact) mass is 380 g/mol. The molecule has 2 aromatic carbocycles. The van der Waals surface area contributed by atoms with E-state index in [9.17, 15) is 14.4 Å². The first-order chi connectivity index (χ1) is 13.6. The lowest BCUT2D eigenvalue weighted by molar-refractivity contribution is -0.125. The van der Waals surface area contributed by atoms with Crippen LogP contribution in [0.3, 0.4) is 0 Å². The summed E-state index contributed by atoms with van der Waals surface area (Å²) >= 11 is 0. The fraction of sp³-hybridized carbons (Fsp3) is 0.318. The van der Waals surface area contributed by atoms with Crippen molar-refractivity contribution in [1.29, 1.82) is 0 Å². The van der Waals surface area contributed by atoms with Gasteiger partial charge in [-0.3, -0.25) is 9.59 Å². The molecule has 1 atom stereocenters. The number of hydrogen-bond acceptors (Lipinski definition) is 4. The zero-order chi connectivity index (χ0) is 19.9. The van der Waals surface area contributed by atoms with E-state index in [1.54, 1.807) is 18.2 Å². The van der Waals surface area contributed by atoms with Crippen molar-refractivity contribution in [2.24, 2.45) is 0 Å². The molecule has 6 nitrogen and oxygen atoms in total. The number of ether oxygens (including phenoxy) is 1. The third-order valence-electron chi connectivity index (χ3n) is 4.69. The Balaban J connectivity index is 1.56. The summed E-state index contributed by atoms with van der Waals surface area (Å²) < 4.78 is 5.18. The molecule has 0 saturated carbocycles. The van der Waals surface area contributed by atoms with Crippen LogP contribution in [0.15, 0.2) is 48.5 Å². The van der Waals surface area contributed by atoms with Crippen LogP contribution >= 0.6 is 0 Å². The van der Waals surface area contributed by atoms with E-state index in [1.165, 1.54) is 0 Å². The van der Waals surface area contributed by atoms with Gasteiger partial charge in [0.25, 0.3) is 5.91 Å². The minimum absolute atomic E-state index is 0.0282. The van der Waals surface area contributed by atoms with Crippen LogP contribution in [0.4, 0.5) is 5.69 Å². The highest BCUT2D eigenvalue weighted by molar-refractivity contribution is 5.96. The largest absolute Gasteiger partial charge is 0.452 e. The summed E-state index contributed by atoms with van der Waals surface area (Å²) in [4.78, 5) is 36.0. The molecule has 146 valence electrons. The number of esters is 1. The molecule has 3 rings (SSSR count). The number of hydrogen-bond donors (Lipinski definition) is 2. The number of rotatable bonds is 7. The molecular weight excluding hydrogens is 356 g/mol. The number of aryl methyl sites for hydroxylation is 1. The Labute approximate surface area is 164 Å². The molecule has 0 fully saturated rings. The van der Waals surface area contributed by atoms with E-state index in [0.717, 1.165) is 29.7 Å². The summed E-state index contributed by atoms with van der Waals surface area (Å²) in [6.45, 7) is 1.72. The van der Waals surface area contributed by atoms with Gasteiger partial charge in [-0.05, 0) is 42.2 Å². The summed E-state index contributed by atoms with van der Waals surface area (Å²) in [5, 5.41) is 5.70. The van der Waals surface area contributed by atoms with Crippen LogP contribution in [0.5, 0.6) is 0 Å². The first-order valence-electron chi connectivity index (χ1n) is 9.51. The second-order valence-corrected chi connectivity index (χ2v) is 6.82. The molecule has 1 unspecified atom stereocenters. The van der Waals surface area contributed by atoms with Gasteiger partial charge in [0.05, 0.1) is 11.6 Å². The van der Waals surface area contributed by atoms with Gasteiger partial charge < -0.3 is 15.4 Å². The molecule has 1 aliphatic heterocycles. The molecule has 0 aliphatic carbocycles. The van der Waals surface area contributed by atoms with Gasteiger partial charge in [-0.15, -0.1) is 0 Å². The van der Waals surface area contributed by atoms with E-state index in [1.807, 2.05) is 30.3 Å². The van der Waals surface area contributed by atoms with Crippen molar-refractivity contribution in [3.63, 3.8) is 0 Å². The van der Waals surface area contributed by atoms with Crippen LogP contribution in [-0.4, -0.2) is 24.4 Å². The van der Waals surface area contributed by atoms with Crippen LogP contribution in [0, 0.1) is 0 Å². The van der Waals surface area contributed by atoms with Crippen molar-refractivity contribution in [2.75, 3.05) is 11.9 Å². The first-order valence-corrected chi connectivity index (χ1v) is 9.51. The van der Waals surface area contributed by atoms with Gasteiger partial charge in [-0.1, -0.05) is 43.7 Å². The summed E-state index contributed by atoms with van der Waals surface area (Å²) in [5.74, 6) is -0.915. The summed E-state index contributed by atoms with van der Waals surface area (Å²) in [7, 11) is 0. The molecule has 28 heavy (non-hydrogen) atoms. The smallest absolute Gasteiger partial charge is 0.338 e. The summed E-state index contributed by atoms with van der Waals surface area (Å²) in [6.07, 6.45) is 2.70. The van der Waals surface area contributed by atoms with Gasteiger partial charge in [0.15, 0.2) is 6.61 Å². The zero-order valence-electron chi connectivity index (χ0n) is 15.9. The van der Waals surface area contributed by atoms with E-state index in [-0.39, 0.29) is 24.5 Å². The predicted molar refractivity (Wildman–Crippen MR) is 106 cm³/mol. The van der Waals surface area contributed by atoms with Crippen LogP contribution in [0.1, 0.15) is 53.7 Å². The van der Waals surface area contributed by atoms with E-state index in [2.05, 4.69) is 17.6 Å². The molecular formula is C22H24N2O4. The highest BCUT2D eigenvalue weighted by Gasteiger charge is 2.19. The standard InChI is InChI=1S/C22H24N2O4/c1-2-6-18(15-7-4-3-5-8-15)24-21(26)14-28-22(27)17-9-11-19-16(13-17)10-12-20(25)23-19/h3-5,7-9,11,13,18H,2,6,10,12,14H2,1H3,(H,23,25)(H,24,26). The maximum Gasteiger partial charge on any atom is 0.338 e. The number of carbonyl (C=O) groups is 3. The minimum atomic E-state index is -0.554. The second-order valence-electron chi connectivity index (χ2n) is 6.82. The average Bonchev–Trinajstić information content (AvgIpc) is 2.72. The third-order valence-corrected chi connectivity index (χ3v) is 4.69. The number of benzene rings is 2. The van der Waals surface area contributed by atoms with Gasteiger partial charge in [-0.25, -0.2) is 4.79 Å². The summed E-state index contributed by atoms with van der Waals surface area (Å²) in [5.41, 5.74) is 3.01. The normalized spacial score (nSPS) is 13.8. The SMILES string of the molecule is CCCC(NC(=O)COC(=O)c1ccc2c(c1)CCC(=O)N2)c1ccccc1. The first kappa shape index (κ1) is 19.6. The molecule has 0 bridgehead atoms.